The maximum atomic E-state index is 3.00. The van der Waals surface area contributed by atoms with E-state index in [1.54, 1.807) is 44.9 Å². The molecule has 14 unspecified atom stereocenters. The van der Waals surface area contributed by atoms with Crippen molar-refractivity contribution in [2.24, 2.45) is 87.8 Å². The van der Waals surface area contributed by atoms with E-state index in [9.17, 15) is 0 Å². The molecule has 0 saturated heterocycles. The third-order valence-electron chi connectivity index (χ3n) is 16.0. The van der Waals surface area contributed by atoms with Crippen LogP contribution < -0.4 is 0 Å². The first-order chi connectivity index (χ1) is 18.6. The Morgan fingerprint density at radius 2 is 0.950 bits per heavy atom. The fourth-order valence-electron chi connectivity index (χ4n) is 14.5. The van der Waals surface area contributed by atoms with E-state index >= 15 is 0 Å². The van der Waals surface area contributed by atoms with Crippen molar-refractivity contribution in [1.82, 2.24) is 0 Å². The van der Waals surface area contributed by atoms with E-state index in [0.717, 1.165) is 88.0 Å². The molecule has 14 atom stereocenters. The Balaban J connectivity index is 1.36. The lowest BCUT2D eigenvalue weighted by Gasteiger charge is -2.54. The van der Waals surface area contributed by atoms with Gasteiger partial charge < -0.3 is 0 Å². The summed E-state index contributed by atoms with van der Waals surface area (Å²) in [6.45, 7) is 29.6. The van der Waals surface area contributed by atoms with Crippen LogP contribution in [0.15, 0.2) is 0 Å². The van der Waals surface area contributed by atoms with Crippen LogP contribution in [0.3, 0.4) is 0 Å². The van der Waals surface area contributed by atoms with Gasteiger partial charge in [-0.25, -0.2) is 0 Å². The van der Waals surface area contributed by atoms with Gasteiger partial charge in [-0.05, 0) is 157 Å². The molecule has 0 N–H and O–H groups in total. The highest BCUT2D eigenvalue weighted by Gasteiger charge is 2.64. The maximum Gasteiger partial charge on any atom is 0.0547 e. The van der Waals surface area contributed by atoms with Gasteiger partial charge in [-0.1, -0.05) is 88.2 Å². The first kappa shape index (κ1) is 30.3. The van der Waals surface area contributed by atoms with E-state index in [4.69, 9.17) is 0 Å². The second-order valence-electron chi connectivity index (χ2n) is 20.2. The fourth-order valence-corrected chi connectivity index (χ4v) is 21.0. The smallest absolute Gasteiger partial charge is 0.0547 e. The Hall–Kier alpha value is 0.217. The Kier molecular flexibility index (Phi) is 7.86. The number of rotatable bonds is 2. The maximum absolute atomic E-state index is 3.00. The number of hydrogen-bond donors (Lipinski definition) is 0. The molecule has 6 rings (SSSR count). The molecule has 6 aliphatic rings. The van der Waals surface area contributed by atoms with Crippen molar-refractivity contribution in [2.75, 3.05) is 0 Å². The zero-order chi connectivity index (χ0) is 28.9. The van der Waals surface area contributed by atoms with Gasteiger partial charge in [0.1, 0.15) is 0 Å². The minimum absolute atomic E-state index is 0.486. The highest BCUT2D eigenvalue weighted by Crippen LogP contribution is 2.71. The molecule has 0 amide bonds. The standard InChI is InChI=1S/C39H70Si/c1-23-13-12-14-28-24(2)19-32-31(35(23)28)20-25(3)36(32)40(10,11)37-33-21-26(38(4,5)6)15-17-29(33)30-18-16-27(22-34(30)37)39(7,8)9/h23-37H,12-22H2,1-11H3. The molecule has 0 bridgehead atoms. The van der Waals surface area contributed by atoms with Gasteiger partial charge in [0, 0.05) is 0 Å². The normalized spacial score (nSPS) is 51.5. The van der Waals surface area contributed by atoms with Gasteiger partial charge in [0.25, 0.3) is 0 Å². The van der Waals surface area contributed by atoms with Crippen molar-refractivity contribution < 1.29 is 0 Å². The molecule has 0 heterocycles. The van der Waals surface area contributed by atoms with Crippen LogP contribution in [0, 0.1) is 87.8 Å². The lowest BCUT2D eigenvalue weighted by atomic mass is 9.55. The third kappa shape index (κ3) is 4.87. The van der Waals surface area contributed by atoms with Crippen molar-refractivity contribution in [1.29, 1.82) is 0 Å². The molecular weight excluding hydrogens is 497 g/mol. The van der Waals surface area contributed by atoms with Crippen molar-refractivity contribution in [2.45, 2.75) is 157 Å². The van der Waals surface area contributed by atoms with Crippen molar-refractivity contribution in [3.8, 4) is 0 Å². The summed E-state index contributed by atoms with van der Waals surface area (Å²) in [5.74, 6) is 13.4. The van der Waals surface area contributed by atoms with Gasteiger partial charge in [-0.15, -0.1) is 0 Å². The summed E-state index contributed by atoms with van der Waals surface area (Å²) in [7, 11) is -1.51. The van der Waals surface area contributed by atoms with Gasteiger partial charge >= 0.3 is 0 Å². The first-order valence-electron chi connectivity index (χ1n) is 18.6. The van der Waals surface area contributed by atoms with Crippen molar-refractivity contribution in [3.63, 3.8) is 0 Å². The molecule has 0 nitrogen and oxygen atoms in total. The Labute approximate surface area is 252 Å². The molecule has 0 aliphatic heterocycles. The van der Waals surface area contributed by atoms with Gasteiger partial charge in [-0.3, -0.25) is 0 Å². The Morgan fingerprint density at radius 3 is 1.48 bits per heavy atom. The first-order valence-corrected chi connectivity index (χ1v) is 21.8. The average molecular weight is 567 g/mol. The predicted octanol–water partition coefficient (Wildman–Crippen LogP) is 12.0. The second kappa shape index (κ2) is 10.4. The van der Waals surface area contributed by atoms with Crippen LogP contribution in [-0.4, -0.2) is 8.07 Å². The van der Waals surface area contributed by atoms with Crippen LogP contribution in [0.25, 0.3) is 0 Å². The van der Waals surface area contributed by atoms with E-state index < -0.39 is 8.07 Å². The SMILES string of the molecule is CC1CC2C(CC(C)C2[Si](C)(C)C2C3CC(C(C)(C)C)CCC3C3CCC(C(C)(C)C)CC32)C2C(C)CCCC12. The second-order valence-corrected chi connectivity index (χ2v) is 25.2. The highest BCUT2D eigenvalue weighted by atomic mass is 28.3. The fraction of sp³-hybridized carbons (Fsp3) is 1.00. The van der Waals surface area contributed by atoms with Crippen LogP contribution >= 0.6 is 0 Å². The summed E-state index contributed by atoms with van der Waals surface area (Å²) in [5.41, 5.74) is 3.16. The van der Waals surface area contributed by atoms with Gasteiger partial charge in [0.15, 0.2) is 0 Å². The predicted molar refractivity (Wildman–Crippen MR) is 177 cm³/mol. The zero-order valence-electron chi connectivity index (χ0n) is 28.9. The van der Waals surface area contributed by atoms with E-state index in [0.29, 0.717) is 10.8 Å². The number of fused-ring (bicyclic) bond motifs is 6. The summed E-state index contributed by atoms with van der Waals surface area (Å²) in [6, 6.07) is 0. The zero-order valence-corrected chi connectivity index (χ0v) is 29.9. The largest absolute Gasteiger partial charge is 0.0689 e. The summed E-state index contributed by atoms with van der Waals surface area (Å²) >= 11 is 0. The molecule has 6 saturated carbocycles. The van der Waals surface area contributed by atoms with Crippen LogP contribution in [0.5, 0.6) is 0 Å². The minimum atomic E-state index is -1.51. The van der Waals surface area contributed by atoms with Crippen LogP contribution in [0.4, 0.5) is 0 Å². The van der Waals surface area contributed by atoms with E-state index in [1.165, 1.54) is 25.7 Å². The summed E-state index contributed by atoms with van der Waals surface area (Å²) in [4.78, 5) is 0. The molecule has 0 aromatic rings. The molecule has 0 aromatic heterocycles. The van der Waals surface area contributed by atoms with Gasteiger partial charge in [0.05, 0.1) is 8.07 Å². The molecule has 0 spiro atoms. The van der Waals surface area contributed by atoms with Crippen molar-refractivity contribution in [3.05, 3.63) is 0 Å². The third-order valence-corrected chi connectivity index (χ3v) is 21.3. The lowest BCUT2D eigenvalue weighted by Crippen LogP contribution is -2.50. The van der Waals surface area contributed by atoms with Gasteiger partial charge in [0.2, 0.25) is 0 Å². The molecule has 230 valence electrons. The summed E-state index contributed by atoms with van der Waals surface area (Å²) in [6.07, 6.45) is 17.1. The van der Waals surface area contributed by atoms with E-state index in [-0.39, 0.29) is 0 Å². The quantitative estimate of drug-likeness (QED) is 0.292. The molecule has 1 heteroatoms. The topological polar surface area (TPSA) is 0 Å². The summed E-state index contributed by atoms with van der Waals surface area (Å²) in [5, 5.41) is 0. The Bertz CT molecular complexity index is 865. The lowest BCUT2D eigenvalue weighted by molar-refractivity contribution is -0.00585. The van der Waals surface area contributed by atoms with E-state index in [2.05, 4.69) is 75.4 Å². The minimum Gasteiger partial charge on any atom is -0.0689 e. The average Bonchev–Trinajstić information content (AvgIpc) is 3.37. The molecule has 0 aromatic carbocycles. The molecule has 0 radical (unpaired) electrons. The monoisotopic (exact) mass is 567 g/mol. The van der Waals surface area contributed by atoms with Gasteiger partial charge in [-0.2, -0.15) is 0 Å². The Morgan fingerprint density at radius 1 is 0.450 bits per heavy atom. The van der Waals surface area contributed by atoms with Crippen molar-refractivity contribution >= 4 is 8.07 Å². The summed E-state index contributed by atoms with van der Waals surface area (Å²) < 4.78 is 0. The molecule has 6 fully saturated rings. The molecular formula is C39H70Si. The molecule has 40 heavy (non-hydrogen) atoms. The molecule has 6 aliphatic carbocycles. The van der Waals surface area contributed by atoms with Crippen LogP contribution in [-0.2, 0) is 0 Å². The van der Waals surface area contributed by atoms with Crippen LogP contribution in [0.2, 0.25) is 24.2 Å². The number of hydrogen-bond acceptors (Lipinski definition) is 0. The van der Waals surface area contributed by atoms with Crippen LogP contribution in [0.1, 0.15) is 133 Å². The van der Waals surface area contributed by atoms with E-state index in [1.807, 2.05) is 0 Å². The highest BCUT2D eigenvalue weighted by molar-refractivity contribution is 6.80.